The zero-order valence-corrected chi connectivity index (χ0v) is 19.7. The highest BCUT2D eigenvalue weighted by atomic mass is 32.1. The minimum Gasteiger partial charge on any atom is -0.495 e. The molecule has 0 radical (unpaired) electrons. The summed E-state index contributed by atoms with van der Waals surface area (Å²) in [6.45, 7) is 3.05. The molecule has 9 nitrogen and oxygen atoms in total. The van der Waals surface area contributed by atoms with Gasteiger partial charge in [-0.1, -0.05) is 12.1 Å². The molecule has 33 heavy (non-hydrogen) atoms. The van der Waals surface area contributed by atoms with Crippen LogP contribution in [0.3, 0.4) is 0 Å². The van der Waals surface area contributed by atoms with E-state index in [2.05, 4.69) is 16.0 Å². The van der Waals surface area contributed by atoms with Gasteiger partial charge in [0.05, 0.1) is 38.6 Å². The van der Waals surface area contributed by atoms with E-state index in [1.807, 2.05) is 6.07 Å². The van der Waals surface area contributed by atoms with Crippen LogP contribution >= 0.6 is 12.2 Å². The molecular formula is C23H25N3O6S. The Morgan fingerprint density at radius 3 is 2.18 bits per heavy atom. The zero-order valence-electron chi connectivity index (χ0n) is 18.9. The fraction of sp³-hybridized carbons (Fsp3) is 0.261. The number of ether oxygens (including phenoxy) is 4. The number of rotatable bonds is 7. The number of carbonyl (C=O) groups is 2. The Labute approximate surface area is 197 Å². The number of anilines is 1. The molecule has 0 spiro atoms. The van der Waals surface area contributed by atoms with Gasteiger partial charge in [-0.05, 0) is 49.0 Å². The smallest absolute Gasteiger partial charge is 0.308 e. The Kier molecular flexibility index (Phi) is 7.39. The van der Waals surface area contributed by atoms with Gasteiger partial charge in [0.2, 0.25) is 5.75 Å². The predicted molar refractivity (Wildman–Crippen MR) is 127 cm³/mol. The van der Waals surface area contributed by atoms with Gasteiger partial charge in [0.1, 0.15) is 5.75 Å². The zero-order chi connectivity index (χ0) is 24.1. The number of methoxy groups -OCH3 is 3. The summed E-state index contributed by atoms with van der Waals surface area (Å²) in [6, 6.07) is 9.80. The lowest BCUT2D eigenvalue weighted by Crippen LogP contribution is -2.45. The van der Waals surface area contributed by atoms with Gasteiger partial charge in [-0.15, -0.1) is 0 Å². The van der Waals surface area contributed by atoms with Crippen molar-refractivity contribution in [3.05, 3.63) is 53.2 Å². The van der Waals surface area contributed by atoms with Crippen LogP contribution in [0.4, 0.5) is 5.69 Å². The van der Waals surface area contributed by atoms with Crippen molar-refractivity contribution in [3.8, 4) is 23.0 Å². The SMILES string of the molecule is COc1ccccc1NC(=O)C1=C(C)NC(=S)NC1c1cc(OC)c(OC(C)=O)c(OC)c1. The van der Waals surface area contributed by atoms with Crippen LogP contribution in [0.2, 0.25) is 0 Å². The minimum absolute atomic E-state index is 0.147. The van der Waals surface area contributed by atoms with E-state index in [0.717, 1.165) is 0 Å². The maximum atomic E-state index is 13.4. The molecule has 0 fully saturated rings. The van der Waals surface area contributed by atoms with Crippen molar-refractivity contribution in [2.24, 2.45) is 0 Å². The van der Waals surface area contributed by atoms with E-state index in [4.69, 9.17) is 31.2 Å². The Morgan fingerprint density at radius 2 is 1.61 bits per heavy atom. The van der Waals surface area contributed by atoms with Crippen LogP contribution in [0.5, 0.6) is 23.0 Å². The number of hydrogen-bond donors (Lipinski definition) is 3. The summed E-state index contributed by atoms with van der Waals surface area (Å²) in [6.07, 6.45) is 0. The lowest BCUT2D eigenvalue weighted by molar-refractivity contribution is -0.132. The molecule has 1 unspecified atom stereocenters. The quantitative estimate of drug-likeness (QED) is 0.319. The van der Waals surface area contributed by atoms with Crippen LogP contribution < -0.4 is 34.9 Å². The van der Waals surface area contributed by atoms with Gasteiger partial charge < -0.3 is 34.9 Å². The van der Waals surface area contributed by atoms with Gasteiger partial charge in [-0.3, -0.25) is 9.59 Å². The molecule has 1 atom stereocenters. The standard InChI is InChI=1S/C23H25N3O6S/c1-12-19(22(28)25-15-8-6-7-9-16(15)29-3)20(26-23(33)24-12)14-10-17(30-4)21(32-13(2)27)18(11-14)31-5/h6-11,20H,1-5H3,(H,25,28)(H2,24,26,33). The summed E-state index contributed by atoms with van der Waals surface area (Å²) in [7, 11) is 4.43. The minimum atomic E-state index is -0.636. The second-order valence-electron chi connectivity index (χ2n) is 7.07. The molecule has 1 amide bonds. The maximum Gasteiger partial charge on any atom is 0.308 e. The van der Waals surface area contributed by atoms with Crippen molar-refractivity contribution in [2.45, 2.75) is 19.9 Å². The lowest BCUT2D eigenvalue weighted by Gasteiger charge is -2.31. The van der Waals surface area contributed by atoms with Crippen LogP contribution in [0.25, 0.3) is 0 Å². The summed E-state index contributed by atoms with van der Waals surface area (Å²) in [4.78, 5) is 24.9. The van der Waals surface area contributed by atoms with Gasteiger partial charge in [-0.25, -0.2) is 0 Å². The second-order valence-corrected chi connectivity index (χ2v) is 7.48. The molecule has 0 aliphatic carbocycles. The Balaban J connectivity index is 2.06. The van der Waals surface area contributed by atoms with Gasteiger partial charge >= 0.3 is 5.97 Å². The summed E-state index contributed by atoms with van der Waals surface area (Å²) in [5.74, 6) is 0.343. The van der Waals surface area contributed by atoms with Crippen LogP contribution in [0.15, 0.2) is 47.7 Å². The summed E-state index contributed by atoms with van der Waals surface area (Å²) >= 11 is 5.33. The fourth-order valence-electron chi connectivity index (χ4n) is 3.49. The highest BCUT2D eigenvalue weighted by Gasteiger charge is 2.32. The molecule has 174 valence electrons. The maximum absolute atomic E-state index is 13.4. The van der Waals surface area contributed by atoms with Crippen LogP contribution in [-0.2, 0) is 9.59 Å². The van der Waals surface area contributed by atoms with Crippen molar-refractivity contribution in [1.29, 1.82) is 0 Å². The number of hydrogen-bond acceptors (Lipinski definition) is 7. The number of benzene rings is 2. The third-order valence-corrected chi connectivity index (χ3v) is 5.15. The number of amides is 1. The van der Waals surface area contributed by atoms with Gasteiger partial charge in [0.15, 0.2) is 16.6 Å². The van der Waals surface area contributed by atoms with Crippen LogP contribution in [0.1, 0.15) is 25.5 Å². The molecule has 10 heteroatoms. The Bertz CT molecular complexity index is 1110. The average Bonchev–Trinajstić information content (AvgIpc) is 2.78. The van der Waals surface area contributed by atoms with Gasteiger partial charge in [0, 0.05) is 12.6 Å². The summed E-state index contributed by atoms with van der Waals surface area (Å²) < 4.78 is 21.5. The number of thiocarbonyl (C=S) groups is 1. The first kappa shape index (κ1) is 23.9. The molecule has 3 N–H and O–H groups in total. The van der Waals surface area contributed by atoms with E-state index >= 15 is 0 Å². The highest BCUT2D eigenvalue weighted by Crippen LogP contribution is 2.42. The molecule has 3 rings (SSSR count). The van der Waals surface area contributed by atoms with E-state index < -0.39 is 12.0 Å². The van der Waals surface area contributed by atoms with Crippen molar-refractivity contribution in [1.82, 2.24) is 10.6 Å². The topological polar surface area (TPSA) is 107 Å². The van der Waals surface area contributed by atoms with Crippen molar-refractivity contribution < 1.29 is 28.5 Å². The van der Waals surface area contributed by atoms with Crippen LogP contribution in [-0.4, -0.2) is 38.3 Å². The van der Waals surface area contributed by atoms with Crippen molar-refractivity contribution >= 4 is 34.9 Å². The molecule has 1 aliphatic rings. The lowest BCUT2D eigenvalue weighted by atomic mass is 9.94. The first-order valence-corrected chi connectivity index (χ1v) is 10.4. The molecule has 1 aliphatic heterocycles. The molecule has 1 heterocycles. The van der Waals surface area contributed by atoms with Gasteiger partial charge in [-0.2, -0.15) is 0 Å². The Hall–Kier alpha value is -3.79. The van der Waals surface area contributed by atoms with Crippen molar-refractivity contribution in [3.63, 3.8) is 0 Å². The normalized spacial score (nSPS) is 15.2. The van der Waals surface area contributed by atoms with E-state index in [0.29, 0.717) is 33.4 Å². The molecular weight excluding hydrogens is 446 g/mol. The molecule has 0 saturated carbocycles. The summed E-state index contributed by atoms with van der Waals surface area (Å²) in [5.41, 5.74) is 2.13. The first-order chi connectivity index (χ1) is 15.8. The van der Waals surface area contributed by atoms with Crippen LogP contribution in [0, 0.1) is 0 Å². The average molecular weight is 472 g/mol. The molecule has 0 saturated heterocycles. The number of nitrogens with one attached hydrogen (secondary N) is 3. The molecule has 0 aromatic heterocycles. The monoisotopic (exact) mass is 471 g/mol. The first-order valence-electron chi connectivity index (χ1n) is 9.96. The number of esters is 1. The Morgan fingerprint density at radius 1 is 1.00 bits per heavy atom. The van der Waals surface area contributed by atoms with E-state index in [1.54, 1.807) is 37.3 Å². The molecule has 2 aromatic carbocycles. The highest BCUT2D eigenvalue weighted by molar-refractivity contribution is 7.80. The summed E-state index contributed by atoms with van der Waals surface area (Å²) in [5, 5.41) is 9.37. The number of allylic oxidation sites excluding steroid dienone is 1. The van der Waals surface area contributed by atoms with E-state index in [-0.39, 0.29) is 23.2 Å². The molecule has 2 aromatic rings. The number of carbonyl (C=O) groups excluding carboxylic acids is 2. The second kappa shape index (κ2) is 10.2. The van der Waals surface area contributed by atoms with E-state index in [9.17, 15) is 9.59 Å². The fourth-order valence-corrected chi connectivity index (χ4v) is 3.76. The number of para-hydroxylation sites is 2. The third kappa shape index (κ3) is 5.17. The van der Waals surface area contributed by atoms with Crippen molar-refractivity contribution in [2.75, 3.05) is 26.6 Å². The predicted octanol–water partition coefficient (Wildman–Crippen LogP) is 3.07. The van der Waals surface area contributed by atoms with Gasteiger partial charge in [0.25, 0.3) is 5.91 Å². The largest absolute Gasteiger partial charge is 0.495 e. The molecule has 0 bridgehead atoms. The van der Waals surface area contributed by atoms with E-state index in [1.165, 1.54) is 28.3 Å². The third-order valence-electron chi connectivity index (χ3n) is 4.93.